The summed E-state index contributed by atoms with van der Waals surface area (Å²) in [6, 6.07) is 11.9. The number of anilines is 1. The molecule has 6 nitrogen and oxygen atoms in total. The van der Waals surface area contributed by atoms with E-state index in [1.807, 2.05) is 18.2 Å². The van der Waals surface area contributed by atoms with Gasteiger partial charge in [-0.15, -0.1) is 0 Å². The van der Waals surface area contributed by atoms with Crippen LogP contribution in [-0.2, 0) is 27.8 Å². The van der Waals surface area contributed by atoms with Gasteiger partial charge in [0.2, 0.25) is 15.9 Å². The number of benzene rings is 2. The molecule has 0 unspecified atom stereocenters. The van der Waals surface area contributed by atoms with E-state index in [4.69, 9.17) is 16.3 Å². The summed E-state index contributed by atoms with van der Waals surface area (Å²) >= 11 is 6.13. The summed E-state index contributed by atoms with van der Waals surface area (Å²) in [7, 11) is -2.32. The van der Waals surface area contributed by atoms with Crippen molar-refractivity contribution in [3.63, 3.8) is 0 Å². The van der Waals surface area contributed by atoms with Crippen molar-refractivity contribution in [3.8, 4) is 5.75 Å². The van der Waals surface area contributed by atoms with Crippen molar-refractivity contribution >= 4 is 33.2 Å². The molecule has 0 bridgehead atoms. The smallest absolute Gasteiger partial charge is 0.246 e. The summed E-state index contributed by atoms with van der Waals surface area (Å²) in [4.78, 5) is 15.2. The minimum absolute atomic E-state index is 0.227. The minimum atomic E-state index is -3.78. The lowest BCUT2D eigenvalue weighted by atomic mass is 9.99. The average molecular weight is 437 g/mol. The van der Waals surface area contributed by atoms with Gasteiger partial charge in [0.1, 0.15) is 11.8 Å². The Morgan fingerprint density at radius 3 is 2.55 bits per heavy atom. The van der Waals surface area contributed by atoms with Crippen molar-refractivity contribution in [2.45, 2.75) is 32.4 Å². The Bertz CT molecular complexity index is 1010. The largest absolute Gasteiger partial charge is 0.495 e. The highest BCUT2D eigenvalue weighted by molar-refractivity contribution is 7.92. The molecule has 1 amide bonds. The first-order valence-electron chi connectivity index (χ1n) is 9.44. The number of hydrogen-bond acceptors (Lipinski definition) is 4. The van der Waals surface area contributed by atoms with Gasteiger partial charge in [-0.05, 0) is 42.2 Å². The molecule has 0 spiro atoms. The number of methoxy groups -OCH3 is 1. The molecular formula is C21H25ClN2O4S. The van der Waals surface area contributed by atoms with Crippen molar-refractivity contribution in [1.29, 1.82) is 0 Å². The van der Waals surface area contributed by atoms with Crippen LogP contribution in [0.15, 0.2) is 42.5 Å². The average Bonchev–Trinajstić information content (AvgIpc) is 2.70. The Morgan fingerprint density at radius 1 is 1.24 bits per heavy atom. The lowest BCUT2D eigenvalue weighted by Crippen LogP contribution is -2.51. The third-order valence-electron chi connectivity index (χ3n) is 5.13. The predicted molar refractivity (Wildman–Crippen MR) is 115 cm³/mol. The number of carbonyl (C=O) groups is 1. The molecular weight excluding hydrogens is 412 g/mol. The molecule has 1 atom stereocenters. The standard InChI is InChI=1S/C21H25ClN2O4S/c1-4-18(21(25)23-12-11-15-7-5-6-8-16(15)14-23)24(29(3,26)27)19-13-17(22)9-10-20(19)28-2/h5-10,13,18H,4,11-12,14H2,1-3H3/t18-/m1/s1. The van der Waals surface area contributed by atoms with Gasteiger partial charge in [-0.1, -0.05) is 42.8 Å². The van der Waals surface area contributed by atoms with Crippen LogP contribution in [0.1, 0.15) is 24.5 Å². The van der Waals surface area contributed by atoms with E-state index < -0.39 is 16.1 Å². The number of fused-ring (bicyclic) bond motifs is 1. The molecule has 0 fully saturated rings. The van der Waals surface area contributed by atoms with Gasteiger partial charge in [-0.2, -0.15) is 0 Å². The maximum Gasteiger partial charge on any atom is 0.246 e. The third kappa shape index (κ3) is 4.51. The molecule has 0 saturated heterocycles. The van der Waals surface area contributed by atoms with Gasteiger partial charge in [0.15, 0.2) is 0 Å². The third-order valence-corrected chi connectivity index (χ3v) is 6.53. The van der Waals surface area contributed by atoms with E-state index in [0.717, 1.165) is 22.5 Å². The lowest BCUT2D eigenvalue weighted by Gasteiger charge is -2.36. The van der Waals surface area contributed by atoms with E-state index in [0.29, 0.717) is 30.3 Å². The zero-order valence-electron chi connectivity index (χ0n) is 16.8. The highest BCUT2D eigenvalue weighted by atomic mass is 35.5. The second-order valence-corrected chi connectivity index (χ2v) is 9.37. The van der Waals surface area contributed by atoms with E-state index in [1.54, 1.807) is 24.0 Å². The number of hydrogen-bond donors (Lipinski definition) is 0. The Morgan fingerprint density at radius 2 is 1.93 bits per heavy atom. The number of rotatable bonds is 6. The predicted octanol–water partition coefficient (Wildman–Crippen LogP) is 3.48. The summed E-state index contributed by atoms with van der Waals surface area (Å²) in [5.74, 6) is 0.115. The van der Waals surface area contributed by atoms with Gasteiger partial charge in [-0.3, -0.25) is 9.10 Å². The number of ether oxygens (including phenoxy) is 1. The minimum Gasteiger partial charge on any atom is -0.495 e. The molecule has 1 aliphatic heterocycles. The van der Waals surface area contributed by atoms with Crippen LogP contribution in [0, 0.1) is 0 Å². The molecule has 1 aliphatic rings. The molecule has 0 N–H and O–H groups in total. The molecule has 0 aromatic heterocycles. The maximum absolute atomic E-state index is 13.4. The molecule has 0 aliphatic carbocycles. The van der Waals surface area contributed by atoms with Crippen LogP contribution >= 0.6 is 11.6 Å². The fourth-order valence-electron chi connectivity index (χ4n) is 3.75. The number of carbonyl (C=O) groups excluding carboxylic acids is 1. The molecule has 3 rings (SSSR count). The van der Waals surface area contributed by atoms with Crippen molar-refractivity contribution in [2.24, 2.45) is 0 Å². The van der Waals surface area contributed by atoms with Gasteiger partial charge >= 0.3 is 0 Å². The topological polar surface area (TPSA) is 66.9 Å². The normalized spacial score (nSPS) is 14.8. The van der Waals surface area contributed by atoms with Gasteiger partial charge < -0.3 is 9.64 Å². The van der Waals surface area contributed by atoms with Gasteiger partial charge in [0.25, 0.3) is 0 Å². The first-order valence-corrected chi connectivity index (χ1v) is 11.7. The monoisotopic (exact) mass is 436 g/mol. The van der Waals surface area contributed by atoms with Crippen LogP contribution in [0.25, 0.3) is 0 Å². The summed E-state index contributed by atoms with van der Waals surface area (Å²) in [5.41, 5.74) is 2.58. The van der Waals surface area contributed by atoms with Gasteiger partial charge in [-0.25, -0.2) is 8.42 Å². The fraction of sp³-hybridized carbons (Fsp3) is 0.381. The Balaban J connectivity index is 1.99. The van der Waals surface area contributed by atoms with E-state index in [9.17, 15) is 13.2 Å². The molecule has 0 radical (unpaired) electrons. The van der Waals surface area contributed by atoms with Gasteiger partial charge in [0.05, 0.1) is 19.1 Å². The molecule has 29 heavy (non-hydrogen) atoms. The molecule has 0 saturated carbocycles. The lowest BCUT2D eigenvalue weighted by molar-refractivity contribution is -0.133. The summed E-state index contributed by atoms with van der Waals surface area (Å²) in [5, 5.41) is 0.364. The van der Waals surface area contributed by atoms with Crippen LogP contribution < -0.4 is 9.04 Å². The maximum atomic E-state index is 13.4. The SMILES string of the molecule is CC[C@H](C(=O)N1CCc2ccccc2C1)N(c1cc(Cl)ccc1OC)S(C)(=O)=O. The van der Waals surface area contributed by atoms with E-state index >= 15 is 0 Å². The van der Waals surface area contributed by atoms with E-state index in [2.05, 4.69) is 6.07 Å². The summed E-state index contributed by atoms with van der Waals surface area (Å²) in [6.07, 6.45) is 2.16. The number of halogens is 1. The first-order chi connectivity index (χ1) is 13.8. The summed E-state index contributed by atoms with van der Waals surface area (Å²) < 4.78 is 32.0. The molecule has 156 valence electrons. The second kappa shape index (κ2) is 8.63. The Hall–Kier alpha value is -2.25. The Labute approximate surface area is 177 Å². The van der Waals surface area contributed by atoms with Crippen molar-refractivity contribution in [2.75, 3.05) is 24.2 Å². The number of amides is 1. The Kier molecular flexibility index (Phi) is 6.39. The quantitative estimate of drug-likeness (QED) is 0.695. The second-order valence-electron chi connectivity index (χ2n) is 7.08. The van der Waals surface area contributed by atoms with Gasteiger partial charge in [0, 0.05) is 18.1 Å². The zero-order chi connectivity index (χ0) is 21.2. The fourth-order valence-corrected chi connectivity index (χ4v) is 5.12. The van der Waals surface area contributed by atoms with Crippen LogP contribution in [0.2, 0.25) is 5.02 Å². The summed E-state index contributed by atoms with van der Waals surface area (Å²) in [6.45, 7) is 2.82. The van der Waals surface area contributed by atoms with Crippen LogP contribution in [0.5, 0.6) is 5.75 Å². The van der Waals surface area contributed by atoms with E-state index in [-0.39, 0.29) is 11.6 Å². The number of nitrogens with zero attached hydrogens (tertiary/aromatic N) is 2. The van der Waals surface area contributed by atoms with E-state index in [1.165, 1.54) is 18.7 Å². The van der Waals surface area contributed by atoms with Crippen LogP contribution in [0.4, 0.5) is 5.69 Å². The van der Waals surface area contributed by atoms with Crippen LogP contribution in [0.3, 0.4) is 0 Å². The molecule has 1 heterocycles. The number of sulfonamides is 1. The van der Waals surface area contributed by atoms with Crippen LogP contribution in [-0.4, -0.2) is 45.2 Å². The highest BCUT2D eigenvalue weighted by Crippen LogP contribution is 2.35. The zero-order valence-corrected chi connectivity index (χ0v) is 18.3. The molecule has 8 heteroatoms. The highest BCUT2D eigenvalue weighted by Gasteiger charge is 2.36. The van der Waals surface area contributed by atoms with Crippen molar-refractivity contribution in [1.82, 2.24) is 4.90 Å². The van der Waals surface area contributed by atoms with Crippen molar-refractivity contribution < 1.29 is 17.9 Å². The molecule has 2 aromatic carbocycles. The van der Waals surface area contributed by atoms with Crippen molar-refractivity contribution in [3.05, 3.63) is 58.6 Å². The first kappa shape index (κ1) is 21.5. The molecule has 2 aromatic rings.